The molecule has 0 aliphatic carbocycles. The van der Waals surface area contributed by atoms with E-state index in [0.717, 1.165) is 22.9 Å². The zero-order chi connectivity index (χ0) is 25.7. The van der Waals surface area contributed by atoms with Crippen molar-refractivity contribution in [2.24, 2.45) is 11.8 Å². The van der Waals surface area contributed by atoms with Gasteiger partial charge >= 0.3 is 5.97 Å². The summed E-state index contributed by atoms with van der Waals surface area (Å²) in [5, 5.41) is 11.9. The van der Waals surface area contributed by atoms with Gasteiger partial charge in [0.25, 0.3) is 5.91 Å². The number of aliphatic hydroxyl groups excluding tert-OH is 1. The lowest BCUT2D eigenvalue weighted by Gasteiger charge is -2.37. The molecule has 1 N–H and O–H groups in total. The van der Waals surface area contributed by atoms with Crippen molar-refractivity contribution in [1.82, 2.24) is 4.90 Å². The third-order valence-electron chi connectivity index (χ3n) is 8.01. The molecule has 36 heavy (non-hydrogen) atoms. The Balaban J connectivity index is 1.58. The van der Waals surface area contributed by atoms with Crippen molar-refractivity contribution in [2.75, 3.05) is 31.2 Å². The van der Waals surface area contributed by atoms with Gasteiger partial charge < -0.3 is 19.6 Å². The number of carbonyl (C=O) groups excluding carboxylic acids is 3. The highest BCUT2D eigenvalue weighted by molar-refractivity contribution is 8.02. The van der Waals surface area contributed by atoms with Crippen molar-refractivity contribution in [1.29, 1.82) is 0 Å². The summed E-state index contributed by atoms with van der Waals surface area (Å²) in [7, 11) is 0. The van der Waals surface area contributed by atoms with Crippen LogP contribution in [0.25, 0.3) is 10.8 Å². The number of nitrogens with zero attached hydrogens (tertiary/aromatic N) is 2. The predicted octanol–water partition coefficient (Wildman–Crippen LogP) is 3.40. The first kappa shape index (κ1) is 24.8. The minimum absolute atomic E-state index is 0.0416. The molecule has 2 aromatic rings. The maximum atomic E-state index is 14.4. The minimum Gasteiger partial charge on any atom is -0.466 e. The number of carbonyl (C=O) groups is 3. The molecule has 2 bridgehead atoms. The summed E-state index contributed by atoms with van der Waals surface area (Å²) in [5.74, 6) is -2.09. The van der Waals surface area contributed by atoms with Gasteiger partial charge in [-0.25, -0.2) is 0 Å². The Morgan fingerprint density at radius 2 is 2.00 bits per heavy atom. The molecule has 3 aliphatic heterocycles. The second-order valence-electron chi connectivity index (χ2n) is 10.0. The number of thioether (sulfide) groups is 1. The average Bonchev–Trinajstić information content (AvgIpc) is 3.43. The lowest BCUT2D eigenvalue weighted by atomic mass is 9.66. The van der Waals surface area contributed by atoms with E-state index in [1.807, 2.05) is 49.4 Å². The standard InChI is InChI=1S/C28H32N2O5S/c1-4-14-29(20-11-10-18-8-6-7-9-19(18)17-20)25(33)23-28-13-12-27(3,36-28)22(26(34)35-5-2)21(28)24(32)30(23)15-16-31/h4,6-11,17,21-23,31H,1,5,12-16H2,2-3H3/t21-,22+,23?,27-,28?/m0/s1. The first-order valence-corrected chi connectivity index (χ1v) is 13.3. The normalized spacial score (nSPS) is 30.5. The van der Waals surface area contributed by atoms with Crippen molar-refractivity contribution < 1.29 is 24.2 Å². The topological polar surface area (TPSA) is 87.2 Å². The molecule has 2 unspecified atom stereocenters. The Morgan fingerprint density at radius 3 is 2.69 bits per heavy atom. The fourth-order valence-corrected chi connectivity index (χ4v) is 8.93. The molecular formula is C28H32N2O5S. The van der Waals surface area contributed by atoms with E-state index >= 15 is 0 Å². The van der Waals surface area contributed by atoms with E-state index in [4.69, 9.17) is 4.74 Å². The fourth-order valence-electron chi connectivity index (χ4n) is 6.59. The van der Waals surface area contributed by atoms with Crippen LogP contribution in [0.4, 0.5) is 5.69 Å². The van der Waals surface area contributed by atoms with Crippen molar-refractivity contribution in [2.45, 2.75) is 42.2 Å². The highest BCUT2D eigenvalue weighted by atomic mass is 32.2. The van der Waals surface area contributed by atoms with Gasteiger partial charge in [0, 0.05) is 23.5 Å². The lowest BCUT2D eigenvalue weighted by molar-refractivity contribution is -0.155. The summed E-state index contributed by atoms with van der Waals surface area (Å²) in [6, 6.07) is 13.0. The fraction of sp³-hybridized carbons (Fsp3) is 0.464. The molecule has 5 rings (SSSR count). The van der Waals surface area contributed by atoms with Gasteiger partial charge in [0.1, 0.15) is 6.04 Å². The quantitative estimate of drug-likeness (QED) is 0.435. The molecule has 3 fully saturated rings. The molecule has 7 nitrogen and oxygen atoms in total. The molecule has 5 atom stereocenters. The smallest absolute Gasteiger partial charge is 0.311 e. The number of fused-ring (bicyclic) bond motifs is 2. The number of likely N-dealkylation sites (tertiary alicyclic amines) is 1. The van der Waals surface area contributed by atoms with Gasteiger partial charge in [-0.05, 0) is 49.6 Å². The zero-order valence-electron chi connectivity index (χ0n) is 20.7. The Hall–Kier alpha value is -2.84. The van der Waals surface area contributed by atoms with Gasteiger partial charge in [-0.2, -0.15) is 0 Å². The number of rotatable bonds is 8. The van der Waals surface area contributed by atoms with Crippen LogP contribution in [0.3, 0.4) is 0 Å². The molecule has 8 heteroatoms. The highest BCUT2D eigenvalue weighted by Crippen LogP contribution is 2.71. The number of amides is 2. The van der Waals surface area contributed by atoms with E-state index in [1.165, 1.54) is 4.90 Å². The van der Waals surface area contributed by atoms with Gasteiger partial charge in [-0.15, -0.1) is 18.3 Å². The first-order valence-electron chi connectivity index (χ1n) is 12.5. The number of esters is 1. The molecule has 1 spiro atoms. The summed E-state index contributed by atoms with van der Waals surface area (Å²) >= 11 is 1.60. The van der Waals surface area contributed by atoms with Crippen LogP contribution < -0.4 is 4.90 Å². The van der Waals surface area contributed by atoms with E-state index in [-0.39, 0.29) is 44.1 Å². The number of hydrogen-bond donors (Lipinski definition) is 1. The van der Waals surface area contributed by atoms with Crippen LogP contribution in [-0.4, -0.2) is 69.6 Å². The van der Waals surface area contributed by atoms with E-state index < -0.39 is 27.4 Å². The molecule has 0 saturated carbocycles. The van der Waals surface area contributed by atoms with E-state index in [9.17, 15) is 19.5 Å². The Kier molecular flexibility index (Phi) is 6.37. The van der Waals surface area contributed by atoms with Crippen LogP contribution in [0.1, 0.15) is 26.7 Å². The minimum atomic E-state index is -0.792. The van der Waals surface area contributed by atoms with Crippen LogP contribution in [-0.2, 0) is 19.1 Å². The summed E-state index contributed by atoms with van der Waals surface area (Å²) in [6.07, 6.45) is 3.05. The maximum absolute atomic E-state index is 14.4. The number of β-amino-alcohol motifs (C(OH)–C–C–N with tert-alkyl or cyclic N) is 1. The van der Waals surface area contributed by atoms with E-state index in [1.54, 1.807) is 29.7 Å². The second-order valence-corrected chi connectivity index (χ2v) is 11.9. The molecular weight excluding hydrogens is 476 g/mol. The monoisotopic (exact) mass is 508 g/mol. The SMILES string of the molecule is C=CCN(C(=O)C1N(CCO)C(=O)[C@@H]2[C@H](C(=O)OCC)[C@]3(C)CCC12S3)c1ccc2ccccc2c1. The number of hydrogen-bond acceptors (Lipinski definition) is 6. The number of aliphatic hydroxyl groups is 1. The van der Waals surface area contributed by atoms with Crippen LogP contribution in [0.5, 0.6) is 0 Å². The summed E-state index contributed by atoms with van der Waals surface area (Å²) in [4.78, 5) is 44.5. The molecule has 2 aromatic carbocycles. The largest absolute Gasteiger partial charge is 0.466 e. The third kappa shape index (κ3) is 3.57. The summed E-state index contributed by atoms with van der Waals surface area (Å²) < 4.78 is 4.19. The Morgan fingerprint density at radius 1 is 1.25 bits per heavy atom. The van der Waals surface area contributed by atoms with E-state index in [0.29, 0.717) is 6.42 Å². The average molecular weight is 509 g/mol. The van der Waals surface area contributed by atoms with Gasteiger partial charge in [-0.1, -0.05) is 36.4 Å². The van der Waals surface area contributed by atoms with Crippen LogP contribution in [0.2, 0.25) is 0 Å². The second kappa shape index (κ2) is 9.23. The van der Waals surface area contributed by atoms with Gasteiger partial charge in [0.15, 0.2) is 0 Å². The molecule has 3 saturated heterocycles. The summed E-state index contributed by atoms with van der Waals surface area (Å²) in [5.41, 5.74) is 0.723. The number of ether oxygens (including phenoxy) is 1. The van der Waals surface area contributed by atoms with Crippen LogP contribution >= 0.6 is 11.8 Å². The predicted molar refractivity (Wildman–Crippen MR) is 141 cm³/mol. The third-order valence-corrected chi connectivity index (χ3v) is 10.0. The molecule has 3 heterocycles. The molecule has 190 valence electrons. The molecule has 2 amide bonds. The van der Waals surface area contributed by atoms with Crippen molar-refractivity contribution in [3.8, 4) is 0 Å². The maximum Gasteiger partial charge on any atom is 0.311 e. The zero-order valence-corrected chi connectivity index (χ0v) is 21.5. The van der Waals surface area contributed by atoms with Crippen LogP contribution in [0.15, 0.2) is 55.1 Å². The Bertz CT molecular complexity index is 1230. The van der Waals surface area contributed by atoms with Gasteiger partial charge in [0.2, 0.25) is 5.91 Å². The highest BCUT2D eigenvalue weighted by Gasteiger charge is 2.77. The number of benzene rings is 2. The Labute approximate surface area is 215 Å². The van der Waals surface area contributed by atoms with Gasteiger partial charge in [0.05, 0.1) is 29.8 Å². The van der Waals surface area contributed by atoms with Crippen molar-refractivity contribution >= 4 is 46.0 Å². The molecule has 0 aromatic heterocycles. The van der Waals surface area contributed by atoms with E-state index in [2.05, 4.69) is 6.58 Å². The van der Waals surface area contributed by atoms with Gasteiger partial charge in [-0.3, -0.25) is 14.4 Å². The molecule has 3 aliphatic rings. The van der Waals surface area contributed by atoms with Crippen LogP contribution in [0, 0.1) is 11.8 Å². The first-order chi connectivity index (χ1) is 17.3. The van der Waals surface area contributed by atoms with Crippen molar-refractivity contribution in [3.63, 3.8) is 0 Å². The lowest BCUT2D eigenvalue weighted by Crippen LogP contribution is -2.55. The number of anilines is 1. The van der Waals surface area contributed by atoms with Crippen molar-refractivity contribution in [3.05, 3.63) is 55.1 Å². The summed E-state index contributed by atoms with van der Waals surface area (Å²) in [6.45, 7) is 7.93. The molecule has 0 radical (unpaired) electrons.